The average Bonchev–Trinajstić information content (AvgIpc) is 3.54. The van der Waals surface area contributed by atoms with Crippen LogP contribution in [0, 0.1) is 0 Å². The van der Waals surface area contributed by atoms with Crippen LogP contribution < -0.4 is 0 Å². The van der Waals surface area contributed by atoms with Gasteiger partial charge in [-0.15, -0.1) is 5.10 Å². The molecule has 1 amide bonds. The van der Waals surface area contributed by atoms with Gasteiger partial charge < -0.3 is 14.6 Å². The van der Waals surface area contributed by atoms with Gasteiger partial charge in [0.15, 0.2) is 5.82 Å². The number of nitrogens with zero attached hydrogens (tertiary/aromatic N) is 5. The van der Waals surface area contributed by atoms with Gasteiger partial charge in [-0.3, -0.25) is 4.79 Å². The number of hydrogen-bond acceptors (Lipinski definition) is 7. The van der Waals surface area contributed by atoms with Crippen LogP contribution in [-0.2, 0) is 21.5 Å². The molecule has 200 valence electrons. The Bertz CT molecular complexity index is 1400. The second-order valence-corrected chi connectivity index (χ2v) is 11.8. The fraction of sp³-hybridized carbons (Fsp3) is 0.370. The van der Waals surface area contributed by atoms with Crippen LogP contribution >= 0.6 is 35.6 Å². The van der Waals surface area contributed by atoms with Gasteiger partial charge in [0.2, 0.25) is 10.3 Å². The number of hydrogen-bond donors (Lipinski definition) is 1. The molecule has 0 bridgehead atoms. The second-order valence-electron chi connectivity index (χ2n) is 9.74. The highest BCUT2D eigenvalue weighted by atomic mass is 35.5. The minimum Gasteiger partial charge on any atom is -0.479 e. The lowest BCUT2D eigenvalue weighted by atomic mass is 10.0. The number of carbonyl (C=O) groups is 1. The molecule has 0 saturated heterocycles. The van der Waals surface area contributed by atoms with Crippen molar-refractivity contribution in [3.05, 3.63) is 76.7 Å². The molecule has 0 saturated carbocycles. The van der Waals surface area contributed by atoms with Crippen molar-refractivity contribution in [2.24, 2.45) is 0 Å². The molecule has 2 aromatic heterocycles. The first-order chi connectivity index (χ1) is 18.2. The first kappa shape index (κ1) is 28.1. The zero-order valence-electron chi connectivity index (χ0n) is 21.8. The first-order valence-electron chi connectivity index (χ1n) is 12.4. The average molecular weight is 571 g/mol. The molecule has 1 N–H and O–H groups in total. The second kappa shape index (κ2) is 12.3. The number of aromatic nitrogens is 5. The molecular formula is C27H31ClN6O2S2. The number of H-pyrrole nitrogens is 1. The van der Waals surface area contributed by atoms with E-state index in [4.69, 9.17) is 28.6 Å². The van der Waals surface area contributed by atoms with E-state index in [1.54, 1.807) is 4.68 Å². The van der Waals surface area contributed by atoms with E-state index in [1.807, 2.05) is 81.3 Å². The van der Waals surface area contributed by atoms with Crippen molar-refractivity contribution in [1.82, 2.24) is 30.1 Å². The fourth-order valence-corrected chi connectivity index (χ4v) is 5.32. The van der Waals surface area contributed by atoms with E-state index < -0.39 is 11.6 Å². The molecule has 1 unspecified atom stereocenters. The zero-order chi connectivity index (χ0) is 27.3. The number of halogens is 1. The van der Waals surface area contributed by atoms with Crippen LogP contribution in [0.2, 0.25) is 5.02 Å². The number of aromatic amines is 1. The van der Waals surface area contributed by atoms with Gasteiger partial charge in [0.05, 0.1) is 17.9 Å². The lowest BCUT2D eigenvalue weighted by molar-refractivity contribution is -0.130. The van der Waals surface area contributed by atoms with Crippen molar-refractivity contribution in [2.45, 2.75) is 45.7 Å². The van der Waals surface area contributed by atoms with Crippen LogP contribution in [0.3, 0.4) is 0 Å². The van der Waals surface area contributed by atoms with Crippen LogP contribution in [0.5, 0.6) is 0 Å². The summed E-state index contributed by atoms with van der Waals surface area (Å²) in [5.74, 6) is 0.609. The van der Waals surface area contributed by atoms with Crippen LogP contribution in [-0.4, -0.2) is 59.3 Å². The number of benzene rings is 2. The first-order valence-corrected chi connectivity index (χ1v) is 14.1. The van der Waals surface area contributed by atoms with E-state index >= 15 is 0 Å². The minimum atomic E-state index is -0.541. The molecule has 2 aromatic carbocycles. The van der Waals surface area contributed by atoms with Crippen molar-refractivity contribution >= 4 is 56.8 Å². The predicted octanol–water partition coefficient (Wildman–Crippen LogP) is 5.78. The molecule has 2 heterocycles. The van der Waals surface area contributed by atoms with Gasteiger partial charge in [-0.25, -0.2) is 4.68 Å². The van der Waals surface area contributed by atoms with Crippen molar-refractivity contribution < 1.29 is 9.53 Å². The van der Waals surface area contributed by atoms with Crippen LogP contribution in [0.25, 0.3) is 10.9 Å². The summed E-state index contributed by atoms with van der Waals surface area (Å²) in [6, 6.07) is 15.1. The number of ether oxygens (including phenoxy) is 1. The summed E-state index contributed by atoms with van der Waals surface area (Å²) in [5.41, 5.74) is 2.64. The summed E-state index contributed by atoms with van der Waals surface area (Å²) in [6.07, 6.45) is 2.64. The smallest absolute Gasteiger partial charge is 0.233 e. The van der Waals surface area contributed by atoms with E-state index in [2.05, 4.69) is 26.6 Å². The Hall–Kier alpha value is -2.95. The van der Waals surface area contributed by atoms with Gasteiger partial charge in [0, 0.05) is 28.7 Å². The molecule has 38 heavy (non-hydrogen) atoms. The Labute approximate surface area is 237 Å². The highest BCUT2D eigenvalue weighted by molar-refractivity contribution is 8.23. The highest BCUT2D eigenvalue weighted by Gasteiger charge is 2.34. The number of thiocarbonyl (C=S) groups is 1. The lowest BCUT2D eigenvalue weighted by Crippen LogP contribution is -2.41. The molecule has 1 atom stereocenters. The lowest BCUT2D eigenvalue weighted by Gasteiger charge is -2.33. The molecule has 0 fully saturated rings. The summed E-state index contributed by atoms with van der Waals surface area (Å²) in [5, 5.41) is 14.4. The summed E-state index contributed by atoms with van der Waals surface area (Å²) >= 11 is 12.7. The molecule has 0 spiro atoms. The SMILES string of the molecule is CCOC(=S)SCC(=O)N(CCc1c[nH]c2ccccc12)C(c1ccc(Cl)cc1)c1nnnn1C(C)(C)C. The normalized spacial score (nSPS) is 12.4. The van der Waals surface area contributed by atoms with Crippen molar-refractivity contribution in [3.8, 4) is 0 Å². The Morgan fingerprint density at radius 2 is 1.95 bits per heavy atom. The highest BCUT2D eigenvalue weighted by Crippen LogP contribution is 2.32. The maximum Gasteiger partial charge on any atom is 0.233 e. The van der Waals surface area contributed by atoms with Crippen LogP contribution in [0.1, 0.15) is 50.7 Å². The Balaban J connectivity index is 1.75. The number of fused-ring (bicyclic) bond motifs is 1. The third-order valence-electron chi connectivity index (χ3n) is 6.06. The zero-order valence-corrected chi connectivity index (χ0v) is 24.2. The summed E-state index contributed by atoms with van der Waals surface area (Å²) in [6.45, 7) is 8.84. The van der Waals surface area contributed by atoms with Gasteiger partial charge in [-0.1, -0.05) is 53.7 Å². The maximum absolute atomic E-state index is 13.9. The van der Waals surface area contributed by atoms with Crippen molar-refractivity contribution in [3.63, 3.8) is 0 Å². The maximum atomic E-state index is 13.9. The monoisotopic (exact) mass is 570 g/mol. The number of para-hydroxylation sites is 1. The Kier molecular flexibility index (Phi) is 9.07. The van der Waals surface area contributed by atoms with Gasteiger partial charge in [-0.05, 0) is 86.1 Å². The number of tetrazole rings is 1. The number of amides is 1. The number of rotatable bonds is 9. The third kappa shape index (κ3) is 6.54. The van der Waals surface area contributed by atoms with E-state index in [0.717, 1.165) is 22.0 Å². The molecule has 0 aliphatic heterocycles. The summed E-state index contributed by atoms with van der Waals surface area (Å²) < 4.78 is 7.52. The van der Waals surface area contributed by atoms with Crippen molar-refractivity contribution in [2.75, 3.05) is 18.9 Å². The number of thioether (sulfide) groups is 1. The minimum absolute atomic E-state index is 0.0969. The molecule has 4 rings (SSSR count). The van der Waals surface area contributed by atoms with E-state index in [1.165, 1.54) is 11.8 Å². The summed E-state index contributed by atoms with van der Waals surface area (Å²) in [4.78, 5) is 19.1. The molecule has 4 aromatic rings. The molecule has 11 heteroatoms. The van der Waals surface area contributed by atoms with E-state index in [0.29, 0.717) is 34.8 Å². The molecule has 0 aliphatic carbocycles. The molecule has 0 radical (unpaired) electrons. The van der Waals surface area contributed by atoms with Gasteiger partial charge in [0.1, 0.15) is 6.04 Å². The molecule has 0 aliphatic rings. The van der Waals surface area contributed by atoms with E-state index in [-0.39, 0.29) is 11.7 Å². The predicted molar refractivity (Wildman–Crippen MR) is 157 cm³/mol. The molecule has 8 nitrogen and oxygen atoms in total. The van der Waals surface area contributed by atoms with Crippen LogP contribution in [0.4, 0.5) is 0 Å². The topological polar surface area (TPSA) is 88.9 Å². The van der Waals surface area contributed by atoms with E-state index in [9.17, 15) is 4.79 Å². The fourth-order valence-electron chi connectivity index (χ4n) is 4.30. The van der Waals surface area contributed by atoms with Crippen molar-refractivity contribution in [1.29, 1.82) is 0 Å². The summed E-state index contributed by atoms with van der Waals surface area (Å²) in [7, 11) is 0. The van der Waals surface area contributed by atoms with Gasteiger partial charge >= 0.3 is 0 Å². The standard InChI is InChI=1S/C27H31ClN6O2S2/c1-5-36-26(37)38-17-23(35)33(15-14-19-16-29-22-9-7-6-8-21(19)22)24(18-10-12-20(28)13-11-18)25-30-31-32-34(25)27(2,3)4/h6-13,16,24,29H,5,14-15,17H2,1-4H3. The van der Waals surface area contributed by atoms with Gasteiger partial charge in [0.25, 0.3) is 0 Å². The van der Waals surface area contributed by atoms with Crippen LogP contribution in [0.15, 0.2) is 54.7 Å². The quantitative estimate of drug-likeness (QED) is 0.255. The third-order valence-corrected chi connectivity index (χ3v) is 7.53. The Morgan fingerprint density at radius 3 is 2.66 bits per heavy atom. The number of nitrogens with one attached hydrogen (secondary N) is 1. The Morgan fingerprint density at radius 1 is 1.21 bits per heavy atom. The largest absolute Gasteiger partial charge is 0.479 e. The van der Waals surface area contributed by atoms with Gasteiger partial charge in [-0.2, -0.15) is 0 Å². The molecular weight excluding hydrogens is 540 g/mol. The number of carbonyl (C=O) groups excluding carboxylic acids is 1.